The predicted molar refractivity (Wildman–Crippen MR) is 102 cm³/mol. The van der Waals surface area contributed by atoms with E-state index in [1.165, 1.54) is 31.2 Å². The van der Waals surface area contributed by atoms with Gasteiger partial charge in [-0.1, -0.05) is 63.9 Å². The van der Waals surface area contributed by atoms with Crippen LogP contribution in [-0.2, 0) is 6.42 Å². The number of alkyl halides is 1. The zero-order valence-corrected chi connectivity index (χ0v) is 17.4. The largest absolute Gasteiger partial charge is 0.379 e. The van der Waals surface area contributed by atoms with Gasteiger partial charge in [0.15, 0.2) is 8.24 Å². The topological polar surface area (TPSA) is 4.93 Å². The Kier molecular flexibility index (Phi) is 7.76. The van der Waals surface area contributed by atoms with E-state index in [1.54, 1.807) is 0 Å². The number of nitrogens with zero attached hydrogens (tertiary/aromatic N) is 1. The molecule has 1 nitrogen and oxygen atoms in total. The molecule has 0 fully saturated rings. The van der Waals surface area contributed by atoms with Crippen molar-refractivity contribution < 1.29 is 0 Å². The maximum atomic E-state index is 3.52. The molecular formula is C18H34BrNSi. The molecule has 21 heavy (non-hydrogen) atoms. The molecule has 0 aliphatic rings. The first-order chi connectivity index (χ1) is 9.87. The monoisotopic (exact) mass is 371 g/mol. The van der Waals surface area contributed by atoms with Gasteiger partial charge in [0.05, 0.1) is 0 Å². The Hall–Kier alpha value is -0.0231. The zero-order chi connectivity index (χ0) is 16.0. The third-order valence-electron chi connectivity index (χ3n) is 5.08. The molecule has 1 aromatic rings. The summed E-state index contributed by atoms with van der Waals surface area (Å²) in [4.78, 5) is 0. The second-order valence-electron chi connectivity index (χ2n) is 7.28. The molecule has 1 heterocycles. The highest BCUT2D eigenvalue weighted by Gasteiger charge is 2.44. The molecule has 0 N–H and O–H groups in total. The number of hydrogen-bond donors (Lipinski definition) is 0. The van der Waals surface area contributed by atoms with Crippen molar-refractivity contribution in [1.29, 1.82) is 0 Å². The summed E-state index contributed by atoms with van der Waals surface area (Å²) >= 11 is 3.52. The summed E-state index contributed by atoms with van der Waals surface area (Å²) in [5.74, 6) is 0. The molecule has 0 amide bonds. The average molecular weight is 372 g/mol. The molecule has 1 rings (SSSR count). The van der Waals surface area contributed by atoms with Gasteiger partial charge in [-0.25, -0.2) is 0 Å². The van der Waals surface area contributed by atoms with Crippen LogP contribution in [0.4, 0.5) is 0 Å². The van der Waals surface area contributed by atoms with E-state index >= 15 is 0 Å². The van der Waals surface area contributed by atoms with Crippen LogP contribution in [0.3, 0.4) is 0 Å². The molecule has 1 aromatic heterocycles. The minimum Gasteiger partial charge on any atom is -0.379 e. The first-order valence-electron chi connectivity index (χ1n) is 8.60. The van der Waals surface area contributed by atoms with E-state index in [2.05, 4.69) is 80.2 Å². The standard InChI is InChI=1S/C18H34BrNSi/c1-15(2)21(16(3)4,17(5)6)20-13-11-18(14-20)10-8-7-9-12-19/h11,13-17H,7-10,12H2,1-6H3. The molecule has 0 saturated heterocycles. The number of halogens is 1. The Bertz CT molecular complexity index is 387. The van der Waals surface area contributed by atoms with Crippen molar-refractivity contribution >= 4 is 24.2 Å². The van der Waals surface area contributed by atoms with E-state index in [9.17, 15) is 0 Å². The Morgan fingerprint density at radius 1 is 0.952 bits per heavy atom. The van der Waals surface area contributed by atoms with Gasteiger partial charge >= 0.3 is 0 Å². The fraction of sp³-hybridized carbons (Fsp3) is 0.778. The molecule has 0 bridgehead atoms. The minimum absolute atomic E-state index is 0.770. The molecule has 0 aromatic carbocycles. The van der Waals surface area contributed by atoms with Gasteiger partial charge in [0.25, 0.3) is 0 Å². The molecular weight excluding hydrogens is 338 g/mol. The lowest BCUT2D eigenvalue weighted by atomic mass is 10.1. The van der Waals surface area contributed by atoms with Crippen molar-refractivity contribution in [3.63, 3.8) is 0 Å². The van der Waals surface area contributed by atoms with Crippen LogP contribution >= 0.6 is 15.9 Å². The number of unbranched alkanes of at least 4 members (excludes halogenated alkanes) is 2. The highest BCUT2D eigenvalue weighted by atomic mass is 79.9. The van der Waals surface area contributed by atoms with Crippen LogP contribution < -0.4 is 0 Å². The van der Waals surface area contributed by atoms with Gasteiger partial charge in [0.1, 0.15) is 0 Å². The minimum atomic E-state index is -1.53. The van der Waals surface area contributed by atoms with E-state index < -0.39 is 8.24 Å². The summed E-state index contributed by atoms with van der Waals surface area (Å²) in [6.07, 6.45) is 10.0. The van der Waals surface area contributed by atoms with Crippen LogP contribution in [0.2, 0.25) is 16.6 Å². The first-order valence-corrected chi connectivity index (χ1v) is 11.9. The van der Waals surface area contributed by atoms with Crippen LogP contribution in [0, 0.1) is 0 Å². The molecule has 0 aliphatic carbocycles. The van der Waals surface area contributed by atoms with Crippen molar-refractivity contribution in [3.05, 3.63) is 24.0 Å². The number of hydrogen-bond acceptors (Lipinski definition) is 0. The van der Waals surface area contributed by atoms with Crippen LogP contribution in [0.1, 0.15) is 66.4 Å². The van der Waals surface area contributed by atoms with Crippen LogP contribution in [0.5, 0.6) is 0 Å². The number of aryl methyl sites for hydroxylation is 1. The zero-order valence-electron chi connectivity index (χ0n) is 14.8. The van der Waals surface area contributed by atoms with Crippen molar-refractivity contribution in [2.75, 3.05) is 5.33 Å². The van der Waals surface area contributed by atoms with Crippen molar-refractivity contribution in [3.8, 4) is 0 Å². The molecule has 0 radical (unpaired) electrons. The third-order valence-corrected chi connectivity index (χ3v) is 12.4. The Balaban J connectivity index is 2.93. The highest BCUT2D eigenvalue weighted by Crippen LogP contribution is 2.42. The van der Waals surface area contributed by atoms with Crippen LogP contribution in [0.15, 0.2) is 18.5 Å². The number of rotatable bonds is 9. The average Bonchev–Trinajstić information content (AvgIpc) is 2.83. The Labute approximate surface area is 141 Å². The summed E-state index contributed by atoms with van der Waals surface area (Å²) < 4.78 is 2.66. The lowest BCUT2D eigenvalue weighted by Crippen LogP contribution is -2.51. The van der Waals surface area contributed by atoms with Crippen molar-refractivity contribution in [2.24, 2.45) is 0 Å². The normalized spacial score (nSPS) is 12.9. The molecule has 0 atom stereocenters. The van der Waals surface area contributed by atoms with Crippen molar-refractivity contribution in [1.82, 2.24) is 4.23 Å². The van der Waals surface area contributed by atoms with Gasteiger partial charge < -0.3 is 4.23 Å². The maximum absolute atomic E-state index is 3.52. The second-order valence-corrected chi connectivity index (χ2v) is 13.8. The molecule has 0 aliphatic heterocycles. The van der Waals surface area contributed by atoms with Gasteiger partial charge in [-0.15, -0.1) is 0 Å². The summed E-state index contributed by atoms with van der Waals surface area (Å²) in [6, 6.07) is 2.36. The second kappa shape index (κ2) is 8.57. The molecule has 0 unspecified atom stereocenters. The lowest BCUT2D eigenvalue weighted by Gasteiger charge is -2.44. The predicted octanol–water partition coefficient (Wildman–Crippen LogP) is 6.62. The highest BCUT2D eigenvalue weighted by molar-refractivity contribution is 9.09. The quantitative estimate of drug-likeness (QED) is 0.261. The van der Waals surface area contributed by atoms with Gasteiger partial charge in [-0.05, 0) is 59.9 Å². The van der Waals surface area contributed by atoms with E-state index in [0.29, 0.717) is 0 Å². The summed E-state index contributed by atoms with van der Waals surface area (Å²) in [7, 11) is -1.53. The molecule has 0 saturated carbocycles. The Morgan fingerprint density at radius 2 is 1.52 bits per heavy atom. The van der Waals surface area contributed by atoms with Gasteiger partial charge in [-0.3, -0.25) is 0 Å². The summed E-state index contributed by atoms with van der Waals surface area (Å²) in [5, 5.41) is 1.14. The van der Waals surface area contributed by atoms with E-state index in [1.807, 2.05) is 0 Å². The number of aromatic nitrogens is 1. The fourth-order valence-corrected chi connectivity index (χ4v) is 11.2. The van der Waals surface area contributed by atoms with E-state index in [-0.39, 0.29) is 0 Å². The van der Waals surface area contributed by atoms with Crippen LogP contribution in [0.25, 0.3) is 0 Å². The van der Waals surface area contributed by atoms with Crippen LogP contribution in [-0.4, -0.2) is 17.8 Å². The third kappa shape index (κ3) is 4.25. The summed E-state index contributed by atoms with van der Waals surface area (Å²) in [5.41, 5.74) is 3.84. The SMILES string of the molecule is CC(C)[Si](C(C)C)(C(C)C)n1ccc(CCCCCBr)c1. The van der Waals surface area contributed by atoms with Crippen molar-refractivity contribution in [2.45, 2.75) is 83.8 Å². The van der Waals surface area contributed by atoms with E-state index in [4.69, 9.17) is 0 Å². The summed E-state index contributed by atoms with van der Waals surface area (Å²) in [6.45, 7) is 14.6. The Morgan fingerprint density at radius 3 is 2.00 bits per heavy atom. The molecule has 0 spiro atoms. The first kappa shape index (κ1) is 19.0. The molecule has 3 heteroatoms. The molecule has 122 valence electrons. The van der Waals surface area contributed by atoms with Gasteiger partial charge in [-0.2, -0.15) is 0 Å². The maximum Gasteiger partial charge on any atom is 0.168 e. The fourth-order valence-electron chi connectivity index (χ4n) is 4.32. The van der Waals surface area contributed by atoms with E-state index in [0.717, 1.165) is 22.0 Å². The smallest absolute Gasteiger partial charge is 0.168 e. The van der Waals surface area contributed by atoms with Gasteiger partial charge in [0, 0.05) is 5.33 Å². The van der Waals surface area contributed by atoms with Gasteiger partial charge in [0.2, 0.25) is 0 Å². The lowest BCUT2D eigenvalue weighted by molar-refractivity contribution is 0.722.